The van der Waals surface area contributed by atoms with Gasteiger partial charge < -0.3 is 5.32 Å². The maximum Gasteiger partial charge on any atom is 0.264 e. The number of halogens is 1. The van der Waals surface area contributed by atoms with Crippen LogP contribution in [0.2, 0.25) is 5.02 Å². The lowest BCUT2D eigenvalue weighted by Crippen LogP contribution is -2.28. The molecule has 0 radical (unpaired) electrons. The van der Waals surface area contributed by atoms with Crippen LogP contribution in [0.25, 0.3) is 21.8 Å². The van der Waals surface area contributed by atoms with Gasteiger partial charge in [-0.3, -0.25) is 14.2 Å². The van der Waals surface area contributed by atoms with Crippen LogP contribution in [0.4, 0.5) is 5.69 Å². The fourth-order valence-electron chi connectivity index (χ4n) is 2.74. The van der Waals surface area contributed by atoms with Crippen LogP contribution in [0, 0.1) is 0 Å². The van der Waals surface area contributed by atoms with E-state index in [1.165, 1.54) is 28.4 Å². The third-order valence-electron chi connectivity index (χ3n) is 4.15. The van der Waals surface area contributed by atoms with E-state index < -0.39 is 0 Å². The number of benzene rings is 2. The van der Waals surface area contributed by atoms with Gasteiger partial charge in [0.25, 0.3) is 5.56 Å². The Bertz CT molecular complexity index is 1200. The van der Waals surface area contributed by atoms with Gasteiger partial charge in [0.1, 0.15) is 11.6 Å². The largest absolute Gasteiger partial charge is 0.325 e. The van der Waals surface area contributed by atoms with Crippen molar-refractivity contribution in [3.8, 4) is 21.8 Å². The molecule has 4 rings (SSSR count). The van der Waals surface area contributed by atoms with Crippen molar-refractivity contribution in [2.75, 3.05) is 5.32 Å². The molecule has 29 heavy (non-hydrogen) atoms. The van der Waals surface area contributed by atoms with Crippen molar-refractivity contribution >= 4 is 34.5 Å². The van der Waals surface area contributed by atoms with Gasteiger partial charge in [0.15, 0.2) is 0 Å². The molecule has 8 heteroatoms. The smallest absolute Gasteiger partial charge is 0.264 e. The minimum absolute atomic E-state index is 0.154. The number of aromatic nitrogens is 3. The zero-order valence-electron chi connectivity index (χ0n) is 15.1. The molecule has 0 atom stereocenters. The molecule has 0 saturated carbocycles. The molecular weight excluding hydrogens is 408 g/mol. The van der Waals surface area contributed by atoms with Gasteiger partial charge in [-0.1, -0.05) is 41.9 Å². The van der Waals surface area contributed by atoms with E-state index in [1.807, 2.05) is 35.7 Å². The molecule has 0 spiro atoms. The van der Waals surface area contributed by atoms with E-state index in [2.05, 4.69) is 15.3 Å². The van der Waals surface area contributed by atoms with E-state index in [4.69, 9.17) is 11.6 Å². The van der Waals surface area contributed by atoms with Gasteiger partial charge in [-0.05, 0) is 24.3 Å². The Morgan fingerprint density at radius 1 is 1.10 bits per heavy atom. The van der Waals surface area contributed by atoms with Crippen LogP contribution in [-0.2, 0) is 11.3 Å². The lowest BCUT2D eigenvalue weighted by Gasteiger charge is -2.08. The number of rotatable bonds is 5. The highest BCUT2D eigenvalue weighted by atomic mass is 35.5. The molecule has 1 amide bonds. The number of thiazole rings is 1. The highest BCUT2D eigenvalue weighted by Crippen LogP contribution is 2.26. The molecule has 2 aromatic carbocycles. The SMILES string of the molecule is O=C(Cn1cncc(-c2nc(-c3ccccc3)cs2)c1=O)Nc1ccc(Cl)cc1. The molecule has 0 aliphatic rings. The highest BCUT2D eigenvalue weighted by Gasteiger charge is 2.14. The van der Waals surface area contributed by atoms with Gasteiger partial charge in [-0.25, -0.2) is 9.97 Å². The summed E-state index contributed by atoms with van der Waals surface area (Å²) in [7, 11) is 0. The zero-order chi connectivity index (χ0) is 20.2. The Balaban J connectivity index is 1.55. The van der Waals surface area contributed by atoms with E-state index >= 15 is 0 Å². The number of hydrogen-bond acceptors (Lipinski definition) is 5. The lowest BCUT2D eigenvalue weighted by molar-refractivity contribution is -0.116. The van der Waals surface area contributed by atoms with Crippen LogP contribution in [0.15, 0.2) is 77.3 Å². The quantitative estimate of drug-likeness (QED) is 0.519. The Hall–Kier alpha value is -3.29. The van der Waals surface area contributed by atoms with Crippen molar-refractivity contribution < 1.29 is 4.79 Å². The summed E-state index contributed by atoms with van der Waals surface area (Å²) in [5.41, 5.74) is 2.41. The van der Waals surface area contributed by atoms with Crippen LogP contribution in [-0.4, -0.2) is 20.4 Å². The average molecular weight is 423 g/mol. The summed E-state index contributed by atoms with van der Waals surface area (Å²) in [4.78, 5) is 33.8. The summed E-state index contributed by atoms with van der Waals surface area (Å²) in [6, 6.07) is 16.5. The molecule has 0 bridgehead atoms. The molecule has 144 valence electrons. The molecular formula is C21H15ClN4O2S. The van der Waals surface area contributed by atoms with Crippen molar-refractivity contribution in [1.29, 1.82) is 0 Å². The van der Waals surface area contributed by atoms with Gasteiger partial charge in [0.05, 0.1) is 17.6 Å². The first-order valence-electron chi connectivity index (χ1n) is 8.71. The predicted octanol–water partition coefficient (Wildman–Crippen LogP) is 4.33. The second-order valence-corrected chi connectivity index (χ2v) is 7.49. The molecule has 2 heterocycles. The van der Waals surface area contributed by atoms with E-state index in [0.29, 0.717) is 21.3 Å². The average Bonchev–Trinajstić information content (AvgIpc) is 3.22. The van der Waals surface area contributed by atoms with Crippen LogP contribution >= 0.6 is 22.9 Å². The maximum atomic E-state index is 12.8. The fraction of sp³-hybridized carbons (Fsp3) is 0.0476. The van der Waals surface area contributed by atoms with Gasteiger partial charge in [0.2, 0.25) is 5.91 Å². The summed E-state index contributed by atoms with van der Waals surface area (Å²) >= 11 is 7.21. The molecule has 2 aromatic heterocycles. The van der Waals surface area contributed by atoms with E-state index in [9.17, 15) is 9.59 Å². The molecule has 0 aliphatic carbocycles. The number of hydrogen-bond donors (Lipinski definition) is 1. The van der Waals surface area contributed by atoms with Gasteiger partial charge in [-0.15, -0.1) is 11.3 Å². The number of nitrogens with one attached hydrogen (secondary N) is 1. The lowest BCUT2D eigenvalue weighted by atomic mass is 10.2. The predicted molar refractivity (Wildman–Crippen MR) is 115 cm³/mol. The number of carbonyl (C=O) groups is 1. The second-order valence-electron chi connectivity index (χ2n) is 6.20. The van der Waals surface area contributed by atoms with Crippen LogP contribution in [0.3, 0.4) is 0 Å². The fourth-order valence-corrected chi connectivity index (χ4v) is 3.69. The molecule has 6 nitrogen and oxygen atoms in total. The molecule has 1 N–H and O–H groups in total. The summed E-state index contributed by atoms with van der Waals surface area (Å²) in [6.07, 6.45) is 2.82. The van der Waals surface area contributed by atoms with Crippen molar-refractivity contribution in [2.45, 2.75) is 6.54 Å². The normalized spacial score (nSPS) is 10.7. The Morgan fingerprint density at radius 3 is 2.62 bits per heavy atom. The summed E-state index contributed by atoms with van der Waals surface area (Å²) < 4.78 is 1.27. The van der Waals surface area contributed by atoms with Crippen molar-refractivity contribution in [3.63, 3.8) is 0 Å². The number of amides is 1. The second kappa shape index (κ2) is 8.38. The molecule has 4 aromatic rings. The minimum Gasteiger partial charge on any atom is -0.325 e. The summed E-state index contributed by atoms with van der Waals surface area (Å²) in [5, 5.41) is 5.77. The standard InChI is InChI=1S/C21H15ClN4O2S/c22-15-6-8-16(9-7-15)24-19(27)11-26-13-23-10-17(21(26)28)20-25-18(12-29-20)14-4-2-1-3-5-14/h1-10,12-13H,11H2,(H,24,27). The third-order valence-corrected chi connectivity index (χ3v) is 5.27. The molecule has 0 fully saturated rings. The van der Waals surface area contributed by atoms with Crippen molar-refractivity contribution in [3.05, 3.63) is 87.9 Å². The topological polar surface area (TPSA) is 76.9 Å². The molecule has 0 aliphatic heterocycles. The van der Waals surface area contributed by atoms with Gasteiger partial charge in [-0.2, -0.15) is 0 Å². The number of nitrogens with zero attached hydrogens (tertiary/aromatic N) is 3. The zero-order valence-corrected chi connectivity index (χ0v) is 16.7. The van der Waals surface area contributed by atoms with Crippen molar-refractivity contribution in [1.82, 2.24) is 14.5 Å². The first kappa shape index (κ1) is 19.0. The van der Waals surface area contributed by atoms with Gasteiger partial charge >= 0.3 is 0 Å². The van der Waals surface area contributed by atoms with E-state index in [0.717, 1.165) is 11.3 Å². The first-order chi connectivity index (χ1) is 14.1. The van der Waals surface area contributed by atoms with Crippen LogP contribution in [0.5, 0.6) is 0 Å². The summed E-state index contributed by atoms with van der Waals surface area (Å²) in [6.45, 7) is -0.154. The minimum atomic E-state index is -0.336. The van der Waals surface area contributed by atoms with Gasteiger partial charge in [0, 0.05) is 27.9 Å². The van der Waals surface area contributed by atoms with E-state index in [-0.39, 0.29) is 18.0 Å². The third kappa shape index (κ3) is 4.42. The maximum absolute atomic E-state index is 12.8. The number of carbonyl (C=O) groups excluding carboxylic acids is 1. The molecule has 0 unspecified atom stereocenters. The summed E-state index contributed by atoms with van der Waals surface area (Å²) in [5.74, 6) is -0.336. The number of anilines is 1. The first-order valence-corrected chi connectivity index (χ1v) is 9.97. The van der Waals surface area contributed by atoms with E-state index in [1.54, 1.807) is 24.3 Å². The Morgan fingerprint density at radius 2 is 1.86 bits per heavy atom. The van der Waals surface area contributed by atoms with Crippen molar-refractivity contribution in [2.24, 2.45) is 0 Å². The monoisotopic (exact) mass is 422 g/mol. The Labute approximate surface area is 175 Å². The van der Waals surface area contributed by atoms with Crippen LogP contribution < -0.4 is 10.9 Å². The van der Waals surface area contributed by atoms with Crippen LogP contribution in [0.1, 0.15) is 0 Å². The molecule has 0 saturated heterocycles. The Kier molecular flexibility index (Phi) is 5.50. The highest BCUT2D eigenvalue weighted by molar-refractivity contribution is 7.13.